The van der Waals surface area contributed by atoms with Gasteiger partial charge >= 0.3 is 0 Å². The molecule has 2 N–H and O–H groups in total. The smallest absolute Gasteiger partial charge is 0.226 e. The van der Waals surface area contributed by atoms with Crippen LogP contribution in [-0.2, 0) is 20.7 Å². The number of carbonyl (C=O) groups excluding carboxylic acids is 2. The van der Waals surface area contributed by atoms with Gasteiger partial charge in [0.1, 0.15) is 11.3 Å². The second-order valence-corrected chi connectivity index (χ2v) is 6.74. The summed E-state index contributed by atoms with van der Waals surface area (Å²) in [5, 5.41) is 17.2. The van der Waals surface area contributed by atoms with Gasteiger partial charge in [-0.15, -0.1) is 10.2 Å². The van der Waals surface area contributed by atoms with Crippen molar-refractivity contribution >= 4 is 28.3 Å². The highest BCUT2D eigenvalue weighted by molar-refractivity contribution is 7.13. The number of hydrogen-bond acceptors (Lipinski definition) is 8. The first kappa shape index (κ1) is 17.5. The monoisotopic (exact) mass is 365 g/mol. The van der Waals surface area contributed by atoms with Gasteiger partial charge in [0, 0.05) is 31.2 Å². The summed E-state index contributed by atoms with van der Waals surface area (Å²) in [7, 11) is 0. The second kappa shape index (κ2) is 8.17. The summed E-state index contributed by atoms with van der Waals surface area (Å²) in [5.74, 6) is 0.472. The van der Waals surface area contributed by atoms with E-state index in [0.29, 0.717) is 24.8 Å². The van der Waals surface area contributed by atoms with Crippen LogP contribution in [0, 0.1) is 12.8 Å². The van der Waals surface area contributed by atoms with Crippen LogP contribution in [0.3, 0.4) is 0 Å². The van der Waals surface area contributed by atoms with Crippen LogP contribution in [0.5, 0.6) is 0 Å². The Kier molecular flexibility index (Phi) is 5.71. The van der Waals surface area contributed by atoms with Gasteiger partial charge < -0.3 is 19.9 Å². The maximum absolute atomic E-state index is 12.1. The average molecular weight is 365 g/mol. The third kappa shape index (κ3) is 5.07. The quantitative estimate of drug-likeness (QED) is 0.749. The predicted molar refractivity (Wildman–Crippen MR) is 89.0 cm³/mol. The number of hydrogen-bond donors (Lipinski definition) is 2. The van der Waals surface area contributed by atoms with Crippen LogP contribution in [0.15, 0.2) is 16.1 Å². The van der Waals surface area contributed by atoms with E-state index >= 15 is 0 Å². The Morgan fingerprint density at radius 1 is 1.32 bits per heavy atom. The molecule has 134 valence electrons. The van der Waals surface area contributed by atoms with Gasteiger partial charge in [-0.1, -0.05) is 16.5 Å². The Balaban J connectivity index is 1.42. The van der Waals surface area contributed by atoms with Gasteiger partial charge in [0.15, 0.2) is 0 Å². The molecule has 0 aromatic carbocycles. The number of nitrogens with zero attached hydrogens (tertiary/aromatic N) is 3. The first-order valence-corrected chi connectivity index (χ1v) is 8.83. The van der Waals surface area contributed by atoms with Crippen LogP contribution in [0.4, 0.5) is 5.13 Å². The third-order valence-electron chi connectivity index (χ3n) is 3.87. The minimum absolute atomic E-state index is 0.0882. The molecule has 25 heavy (non-hydrogen) atoms. The molecule has 3 rings (SSSR count). The van der Waals surface area contributed by atoms with Crippen molar-refractivity contribution in [3.8, 4) is 0 Å². The Hall–Kier alpha value is -2.33. The van der Waals surface area contributed by atoms with Crippen molar-refractivity contribution in [3.05, 3.63) is 23.0 Å². The van der Waals surface area contributed by atoms with E-state index in [-0.39, 0.29) is 36.6 Å². The molecule has 3 heterocycles. The lowest BCUT2D eigenvalue weighted by molar-refractivity contribution is -0.125. The van der Waals surface area contributed by atoms with E-state index in [2.05, 4.69) is 26.0 Å². The molecular weight excluding hydrogens is 346 g/mol. The van der Waals surface area contributed by atoms with Crippen LogP contribution in [0.2, 0.25) is 0 Å². The average Bonchev–Trinajstić information content (AvgIpc) is 3.31. The summed E-state index contributed by atoms with van der Waals surface area (Å²) in [4.78, 5) is 23.9. The number of amides is 2. The van der Waals surface area contributed by atoms with Crippen molar-refractivity contribution in [2.45, 2.75) is 32.2 Å². The lowest BCUT2D eigenvalue weighted by Gasteiger charge is -2.17. The molecule has 0 radical (unpaired) electrons. The molecule has 1 aliphatic rings. The van der Waals surface area contributed by atoms with Crippen LogP contribution in [0.25, 0.3) is 0 Å². The van der Waals surface area contributed by atoms with Gasteiger partial charge in [0.05, 0.1) is 24.9 Å². The molecule has 1 fully saturated rings. The number of rotatable bonds is 7. The number of aromatic nitrogens is 3. The van der Waals surface area contributed by atoms with Crippen molar-refractivity contribution < 1.29 is 18.8 Å². The molecule has 0 saturated carbocycles. The molecule has 2 aromatic heterocycles. The highest BCUT2D eigenvalue weighted by Gasteiger charge is 2.30. The van der Waals surface area contributed by atoms with Crippen molar-refractivity contribution in [1.82, 2.24) is 20.7 Å². The molecule has 0 aliphatic carbocycles. The molecule has 9 nitrogen and oxygen atoms in total. The molecule has 2 aromatic rings. The van der Waals surface area contributed by atoms with E-state index in [0.717, 1.165) is 11.5 Å². The molecule has 1 aliphatic heterocycles. The van der Waals surface area contributed by atoms with E-state index < -0.39 is 0 Å². The van der Waals surface area contributed by atoms with Crippen LogP contribution >= 0.6 is 11.3 Å². The van der Waals surface area contributed by atoms with Crippen LogP contribution < -0.4 is 10.6 Å². The van der Waals surface area contributed by atoms with E-state index in [1.54, 1.807) is 0 Å². The summed E-state index contributed by atoms with van der Waals surface area (Å²) in [6.07, 6.45) is 0.851. The molecule has 2 atom stereocenters. The van der Waals surface area contributed by atoms with Crippen LogP contribution in [0.1, 0.15) is 24.3 Å². The van der Waals surface area contributed by atoms with Crippen molar-refractivity contribution in [2.75, 3.05) is 18.5 Å². The highest BCUT2D eigenvalue weighted by atomic mass is 32.1. The summed E-state index contributed by atoms with van der Waals surface area (Å²) in [6.45, 7) is 2.88. The van der Waals surface area contributed by atoms with E-state index in [4.69, 9.17) is 9.26 Å². The summed E-state index contributed by atoms with van der Waals surface area (Å²) in [5.41, 5.74) is 2.36. The lowest BCUT2D eigenvalue weighted by atomic mass is 9.98. The topological polar surface area (TPSA) is 119 Å². The fourth-order valence-corrected chi connectivity index (χ4v) is 3.11. The van der Waals surface area contributed by atoms with Gasteiger partial charge in [-0.05, 0) is 6.92 Å². The van der Waals surface area contributed by atoms with Crippen LogP contribution in [-0.4, -0.2) is 46.4 Å². The standard InChI is InChI=1S/C15H19N5O4S/c1-9-4-11(24-20-9)5-10-6-23-7-12(10)17-13(21)2-3-14(22)18-15-19-16-8-25-15/h4,8,10,12H,2-3,5-7H2,1H3,(H,17,21)(H,18,19,22)/t10-,12+/m1/s1. The Morgan fingerprint density at radius 3 is 2.88 bits per heavy atom. The zero-order chi connectivity index (χ0) is 17.6. The minimum Gasteiger partial charge on any atom is -0.379 e. The van der Waals surface area contributed by atoms with Crippen molar-refractivity contribution in [2.24, 2.45) is 5.92 Å². The minimum atomic E-state index is -0.261. The molecule has 0 bridgehead atoms. The first-order chi connectivity index (χ1) is 12.1. The highest BCUT2D eigenvalue weighted by Crippen LogP contribution is 2.20. The summed E-state index contributed by atoms with van der Waals surface area (Å²) in [6, 6.07) is 1.79. The van der Waals surface area contributed by atoms with E-state index in [9.17, 15) is 9.59 Å². The summed E-state index contributed by atoms with van der Waals surface area (Å²) >= 11 is 1.23. The van der Waals surface area contributed by atoms with Crippen molar-refractivity contribution in [1.29, 1.82) is 0 Å². The number of nitrogens with one attached hydrogen (secondary N) is 2. The molecule has 10 heteroatoms. The molecule has 0 spiro atoms. The van der Waals surface area contributed by atoms with E-state index in [1.165, 1.54) is 16.8 Å². The molecule has 1 saturated heterocycles. The van der Waals surface area contributed by atoms with E-state index in [1.807, 2.05) is 13.0 Å². The number of ether oxygens (including phenoxy) is 1. The van der Waals surface area contributed by atoms with Gasteiger partial charge in [0.2, 0.25) is 16.9 Å². The number of anilines is 1. The first-order valence-electron chi connectivity index (χ1n) is 7.95. The maximum atomic E-state index is 12.1. The van der Waals surface area contributed by atoms with Crippen molar-refractivity contribution in [3.63, 3.8) is 0 Å². The fourth-order valence-electron chi connectivity index (χ4n) is 2.65. The number of carbonyl (C=O) groups is 2. The Morgan fingerprint density at radius 2 is 2.16 bits per heavy atom. The predicted octanol–water partition coefficient (Wildman–Crippen LogP) is 0.927. The van der Waals surface area contributed by atoms with Gasteiger partial charge in [0.25, 0.3) is 0 Å². The Labute approximate surface area is 148 Å². The molecular formula is C15H19N5O4S. The Bertz CT molecular complexity index is 717. The SMILES string of the molecule is Cc1cc(C[C@@H]2COC[C@@H]2NC(=O)CCC(=O)Nc2nncs2)on1. The lowest BCUT2D eigenvalue weighted by Crippen LogP contribution is -2.40. The number of aryl methyl sites for hydroxylation is 1. The second-order valence-electron chi connectivity index (χ2n) is 5.90. The zero-order valence-electron chi connectivity index (χ0n) is 13.7. The fraction of sp³-hybridized carbons (Fsp3) is 0.533. The molecule has 2 amide bonds. The zero-order valence-corrected chi connectivity index (χ0v) is 14.5. The largest absolute Gasteiger partial charge is 0.379 e. The molecule has 0 unspecified atom stereocenters. The normalized spacial score (nSPS) is 19.7. The van der Waals surface area contributed by atoms with Gasteiger partial charge in [-0.25, -0.2) is 0 Å². The summed E-state index contributed by atoms with van der Waals surface area (Å²) < 4.78 is 10.7. The third-order valence-corrected chi connectivity index (χ3v) is 4.48. The van der Waals surface area contributed by atoms with Gasteiger partial charge in [-0.3, -0.25) is 9.59 Å². The van der Waals surface area contributed by atoms with Gasteiger partial charge in [-0.2, -0.15) is 0 Å². The maximum Gasteiger partial charge on any atom is 0.226 e.